The van der Waals surface area contributed by atoms with Crippen LogP contribution in [0.2, 0.25) is 0 Å². The van der Waals surface area contributed by atoms with Crippen molar-refractivity contribution in [3.05, 3.63) is 52.8 Å². The number of likely N-dealkylation sites (tertiary alicyclic amines) is 1. The third kappa shape index (κ3) is 4.79. The molecule has 2 heterocycles. The number of nitrogens with zero attached hydrogens (tertiary/aromatic N) is 5. The number of rotatable bonds is 5. The highest BCUT2D eigenvalue weighted by Gasteiger charge is 2.15. The Morgan fingerprint density at radius 3 is 2.68 bits per heavy atom. The van der Waals surface area contributed by atoms with Crippen LogP contribution in [0.25, 0.3) is 0 Å². The van der Waals surface area contributed by atoms with Gasteiger partial charge in [0.25, 0.3) is 0 Å². The number of anilines is 1. The van der Waals surface area contributed by atoms with E-state index in [0.717, 1.165) is 24.7 Å². The number of hydrogen-bond acceptors (Lipinski definition) is 4. The number of aliphatic imine (C=N–C) groups is 1. The zero-order chi connectivity index (χ0) is 17.5. The van der Waals surface area contributed by atoms with E-state index in [4.69, 9.17) is 4.99 Å². The number of hydrogen-bond donors (Lipinski definition) is 1. The van der Waals surface area contributed by atoms with Crippen molar-refractivity contribution in [3.8, 4) is 0 Å². The Hall–Kier alpha value is -2.90. The van der Waals surface area contributed by atoms with E-state index in [2.05, 4.69) is 15.3 Å². The van der Waals surface area contributed by atoms with E-state index in [0.29, 0.717) is 13.1 Å². The van der Waals surface area contributed by atoms with Crippen LogP contribution in [0.1, 0.15) is 19.3 Å². The molecule has 0 bridgehead atoms. The minimum absolute atomic E-state index is 0.00245. The Morgan fingerprint density at radius 2 is 2.00 bits per heavy atom. The molecule has 25 heavy (non-hydrogen) atoms. The number of guanidine groups is 1. The highest BCUT2D eigenvalue weighted by molar-refractivity contribution is 5.93. The van der Waals surface area contributed by atoms with Crippen molar-refractivity contribution in [2.75, 3.05) is 25.0 Å². The standard InChI is InChI=1S/C17H22N6O2/c24-23(25)16-13-19-22(14-16)12-9-18-17(21-10-5-2-6-11-21)20-15-7-3-1-4-8-15/h1,3-4,7-8,13-14H,2,5-6,9-12H2,(H,18,20). The number of piperidine rings is 1. The van der Waals surface area contributed by atoms with E-state index in [1.807, 2.05) is 30.3 Å². The van der Waals surface area contributed by atoms with Crippen LogP contribution in [0.3, 0.4) is 0 Å². The maximum Gasteiger partial charge on any atom is 0.306 e. The maximum atomic E-state index is 10.7. The zero-order valence-electron chi connectivity index (χ0n) is 14.0. The molecule has 0 aliphatic carbocycles. The van der Waals surface area contributed by atoms with Crippen LogP contribution in [0.5, 0.6) is 0 Å². The van der Waals surface area contributed by atoms with Gasteiger partial charge in [0, 0.05) is 18.8 Å². The fraction of sp³-hybridized carbons (Fsp3) is 0.412. The lowest BCUT2D eigenvalue weighted by atomic mass is 10.1. The van der Waals surface area contributed by atoms with Crippen molar-refractivity contribution in [2.24, 2.45) is 4.99 Å². The summed E-state index contributed by atoms with van der Waals surface area (Å²) in [5.41, 5.74) is 1.00. The lowest BCUT2D eigenvalue weighted by Gasteiger charge is -2.30. The Morgan fingerprint density at radius 1 is 1.24 bits per heavy atom. The van der Waals surface area contributed by atoms with E-state index >= 15 is 0 Å². The van der Waals surface area contributed by atoms with E-state index in [1.165, 1.54) is 31.7 Å². The predicted molar refractivity (Wildman–Crippen MR) is 96.7 cm³/mol. The van der Waals surface area contributed by atoms with Crippen molar-refractivity contribution < 1.29 is 4.92 Å². The number of benzene rings is 1. The average Bonchev–Trinajstić information content (AvgIpc) is 3.12. The van der Waals surface area contributed by atoms with Gasteiger partial charge in [-0.15, -0.1) is 0 Å². The smallest absolute Gasteiger partial charge is 0.306 e. The summed E-state index contributed by atoms with van der Waals surface area (Å²) in [5, 5.41) is 18.1. The van der Waals surface area contributed by atoms with Gasteiger partial charge in [0.15, 0.2) is 5.96 Å². The highest BCUT2D eigenvalue weighted by Crippen LogP contribution is 2.13. The molecule has 2 aromatic rings. The van der Waals surface area contributed by atoms with Crippen molar-refractivity contribution in [1.82, 2.24) is 14.7 Å². The second-order valence-corrected chi connectivity index (χ2v) is 5.96. The quantitative estimate of drug-likeness (QED) is 0.391. The van der Waals surface area contributed by atoms with Gasteiger partial charge in [0.05, 0.1) is 18.0 Å². The third-order valence-corrected chi connectivity index (χ3v) is 4.11. The first-order valence-electron chi connectivity index (χ1n) is 8.51. The van der Waals surface area contributed by atoms with Crippen molar-refractivity contribution in [1.29, 1.82) is 0 Å². The Labute approximate surface area is 146 Å². The first-order valence-corrected chi connectivity index (χ1v) is 8.51. The summed E-state index contributed by atoms with van der Waals surface area (Å²) < 4.78 is 1.55. The van der Waals surface area contributed by atoms with Crippen LogP contribution in [-0.2, 0) is 6.54 Å². The molecule has 0 atom stereocenters. The summed E-state index contributed by atoms with van der Waals surface area (Å²) in [6, 6.07) is 9.97. The number of nitro groups is 1. The molecule has 0 unspecified atom stereocenters. The molecule has 0 spiro atoms. The Bertz CT molecular complexity index is 722. The van der Waals surface area contributed by atoms with E-state index in [1.54, 1.807) is 4.68 Å². The summed E-state index contributed by atoms with van der Waals surface area (Å²) in [7, 11) is 0. The van der Waals surface area contributed by atoms with Crippen molar-refractivity contribution in [2.45, 2.75) is 25.8 Å². The van der Waals surface area contributed by atoms with E-state index < -0.39 is 4.92 Å². The largest absolute Gasteiger partial charge is 0.343 e. The minimum Gasteiger partial charge on any atom is -0.343 e. The first kappa shape index (κ1) is 16.9. The SMILES string of the molecule is O=[N+]([O-])c1cnn(CCN=C(Nc2ccccc2)N2CCCCC2)c1. The summed E-state index contributed by atoms with van der Waals surface area (Å²) in [5.74, 6) is 0.854. The normalized spacial score (nSPS) is 15.2. The average molecular weight is 342 g/mol. The molecule has 3 rings (SSSR count). The van der Waals surface area contributed by atoms with Crippen molar-refractivity contribution in [3.63, 3.8) is 0 Å². The maximum absolute atomic E-state index is 10.7. The van der Waals surface area contributed by atoms with E-state index in [-0.39, 0.29) is 5.69 Å². The van der Waals surface area contributed by atoms with Gasteiger partial charge < -0.3 is 10.2 Å². The molecular formula is C17H22N6O2. The Balaban J connectivity index is 1.66. The fourth-order valence-corrected chi connectivity index (χ4v) is 2.80. The van der Waals surface area contributed by atoms with Crippen LogP contribution in [0, 0.1) is 10.1 Å². The molecule has 8 heteroatoms. The second-order valence-electron chi connectivity index (χ2n) is 5.96. The van der Waals surface area contributed by atoms with Gasteiger partial charge in [-0.3, -0.25) is 19.8 Å². The fourth-order valence-electron chi connectivity index (χ4n) is 2.80. The number of nitrogens with one attached hydrogen (secondary N) is 1. The molecule has 1 aromatic carbocycles. The van der Waals surface area contributed by atoms with Gasteiger partial charge in [-0.2, -0.15) is 5.10 Å². The van der Waals surface area contributed by atoms with Gasteiger partial charge >= 0.3 is 5.69 Å². The molecule has 0 saturated carbocycles. The summed E-state index contributed by atoms with van der Waals surface area (Å²) in [6.45, 7) is 2.99. The first-order chi connectivity index (χ1) is 12.2. The van der Waals surface area contributed by atoms with Crippen LogP contribution < -0.4 is 5.32 Å². The van der Waals surface area contributed by atoms with Crippen LogP contribution in [0.4, 0.5) is 11.4 Å². The molecule has 0 radical (unpaired) electrons. The van der Waals surface area contributed by atoms with Gasteiger partial charge in [0.1, 0.15) is 12.4 Å². The van der Waals surface area contributed by atoms with Gasteiger partial charge in [-0.25, -0.2) is 0 Å². The van der Waals surface area contributed by atoms with Crippen LogP contribution in [0.15, 0.2) is 47.7 Å². The second kappa shape index (κ2) is 8.27. The molecule has 0 amide bonds. The molecule has 1 aliphatic rings. The predicted octanol–water partition coefficient (Wildman–Crippen LogP) is 2.75. The van der Waals surface area contributed by atoms with E-state index in [9.17, 15) is 10.1 Å². The third-order valence-electron chi connectivity index (χ3n) is 4.11. The van der Waals surface area contributed by atoms with Crippen LogP contribution in [-0.4, -0.2) is 45.2 Å². The zero-order valence-corrected chi connectivity index (χ0v) is 14.0. The number of aromatic nitrogens is 2. The van der Waals surface area contributed by atoms with Gasteiger partial charge in [-0.1, -0.05) is 18.2 Å². The molecule has 8 nitrogen and oxygen atoms in total. The molecule has 1 fully saturated rings. The minimum atomic E-state index is -0.442. The van der Waals surface area contributed by atoms with Gasteiger partial charge in [-0.05, 0) is 31.4 Å². The molecule has 1 saturated heterocycles. The monoisotopic (exact) mass is 342 g/mol. The summed E-state index contributed by atoms with van der Waals surface area (Å²) in [4.78, 5) is 17.2. The lowest BCUT2D eigenvalue weighted by Crippen LogP contribution is -2.40. The summed E-state index contributed by atoms with van der Waals surface area (Å²) in [6.07, 6.45) is 6.28. The topological polar surface area (TPSA) is 88.6 Å². The Kier molecular flexibility index (Phi) is 5.61. The molecule has 1 aliphatic heterocycles. The van der Waals surface area contributed by atoms with Gasteiger partial charge in [0.2, 0.25) is 0 Å². The van der Waals surface area contributed by atoms with Crippen molar-refractivity contribution >= 4 is 17.3 Å². The molecule has 1 N–H and O–H groups in total. The molecule has 1 aromatic heterocycles. The molecular weight excluding hydrogens is 320 g/mol. The lowest BCUT2D eigenvalue weighted by molar-refractivity contribution is -0.385. The molecule has 132 valence electrons. The number of para-hydroxylation sites is 1. The summed E-state index contributed by atoms with van der Waals surface area (Å²) >= 11 is 0. The highest BCUT2D eigenvalue weighted by atomic mass is 16.6. The van der Waals surface area contributed by atoms with Crippen LogP contribution >= 0.6 is 0 Å².